The lowest BCUT2D eigenvalue weighted by atomic mass is 9.97. The number of hydrogen-bond acceptors (Lipinski definition) is 8. The summed E-state index contributed by atoms with van der Waals surface area (Å²) in [6.45, 7) is 6.82. The molecule has 8 nitrogen and oxygen atoms in total. The molecule has 0 spiro atoms. The predicted octanol–water partition coefficient (Wildman–Crippen LogP) is 3.60. The highest BCUT2D eigenvalue weighted by Crippen LogP contribution is 2.18. The minimum Gasteiger partial charge on any atom is -0.211 e. The van der Waals surface area contributed by atoms with Crippen LogP contribution in [0.4, 0.5) is 0 Å². The van der Waals surface area contributed by atoms with Crippen LogP contribution in [0.2, 0.25) is 0 Å². The molecule has 0 bridgehead atoms. The molecule has 0 N–H and O–H groups in total. The van der Waals surface area contributed by atoms with E-state index in [4.69, 9.17) is 0 Å². The fraction of sp³-hybridized carbons (Fsp3) is 0.789. The molecule has 0 aliphatic rings. The lowest BCUT2D eigenvalue weighted by molar-refractivity contribution is 0.436. The topological polar surface area (TPSA) is 118 Å². The molecular weight excluding hydrogens is 348 g/mol. The SMILES string of the molecule is CC(CCCCC(C)(C)N=C=O)N=C=O.O=C=NCCCCCCN=C=O. The first kappa shape index (κ1) is 26.7. The van der Waals surface area contributed by atoms with Gasteiger partial charge in [0.2, 0.25) is 24.3 Å². The molecule has 0 heterocycles. The summed E-state index contributed by atoms with van der Waals surface area (Å²) in [6, 6.07) is 0.0418. The molecule has 150 valence electrons. The fourth-order valence-electron chi connectivity index (χ4n) is 2.16. The van der Waals surface area contributed by atoms with Crippen molar-refractivity contribution in [1.29, 1.82) is 0 Å². The lowest BCUT2D eigenvalue weighted by Gasteiger charge is -2.16. The lowest BCUT2D eigenvalue weighted by Crippen LogP contribution is -2.15. The van der Waals surface area contributed by atoms with Gasteiger partial charge in [0, 0.05) is 0 Å². The van der Waals surface area contributed by atoms with E-state index in [1.165, 1.54) is 12.2 Å². The van der Waals surface area contributed by atoms with Gasteiger partial charge in [-0.25, -0.2) is 34.2 Å². The van der Waals surface area contributed by atoms with Gasteiger partial charge >= 0.3 is 0 Å². The summed E-state index contributed by atoms with van der Waals surface area (Å²) in [4.78, 5) is 53.4. The van der Waals surface area contributed by atoms with E-state index in [1.54, 1.807) is 12.2 Å². The third-order valence-electron chi connectivity index (χ3n) is 3.70. The van der Waals surface area contributed by atoms with E-state index in [0.717, 1.165) is 51.4 Å². The predicted molar refractivity (Wildman–Crippen MR) is 103 cm³/mol. The third kappa shape index (κ3) is 23.5. The smallest absolute Gasteiger partial charge is 0.211 e. The van der Waals surface area contributed by atoms with Crippen LogP contribution in [0.1, 0.15) is 72.1 Å². The van der Waals surface area contributed by atoms with Gasteiger partial charge in [0.1, 0.15) is 0 Å². The molecule has 0 aromatic rings. The van der Waals surface area contributed by atoms with Gasteiger partial charge in [-0.15, -0.1) is 0 Å². The number of carbonyl (C=O) groups excluding carboxylic acids is 4. The maximum atomic E-state index is 10.1. The first-order chi connectivity index (χ1) is 12.9. The highest BCUT2D eigenvalue weighted by atomic mass is 16.1. The van der Waals surface area contributed by atoms with Crippen LogP contribution in [0.25, 0.3) is 0 Å². The van der Waals surface area contributed by atoms with Crippen molar-refractivity contribution in [2.45, 2.75) is 83.7 Å². The van der Waals surface area contributed by atoms with Crippen LogP contribution in [-0.2, 0) is 19.2 Å². The van der Waals surface area contributed by atoms with Gasteiger partial charge in [-0.2, -0.15) is 4.99 Å². The van der Waals surface area contributed by atoms with Crippen molar-refractivity contribution in [3.8, 4) is 0 Å². The molecule has 27 heavy (non-hydrogen) atoms. The molecule has 0 aromatic heterocycles. The second-order valence-corrected chi connectivity index (χ2v) is 6.69. The summed E-state index contributed by atoms with van der Waals surface area (Å²) in [7, 11) is 0. The molecule has 0 aliphatic carbocycles. The average molecular weight is 378 g/mol. The zero-order valence-electron chi connectivity index (χ0n) is 16.6. The summed E-state index contributed by atoms with van der Waals surface area (Å²) in [5.41, 5.74) is -0.321. The van der Waals surface area contributed by atoms with Gasteiger partial charge in [-0.05, 0) is 46.5 Å². The third-order valence-corrected chi connectivity index (χ3v) is 3.70. The molecule has 0 aromatic carbocycles. The molecular formula is C19H30N4O4. The van der Waals surface area contributed by atoms with E-state index in [2.05, 4.69) is 20.0 Å². The van der Waals surface area contributed by atoms with Gasteiger partial charge < -0.3 is 0 Å². The summed E-state index contributed by atoms with van der Waals surface area (Å²) in [5.74, 6) is 0. The van der Waals surface area contributed by atoms with Crippen molar-refractivity contribution < 1.29 is 19.2 Å². The largest absolute Gasteiger partial charge is 0.235 e. The molecule has 1 atom stereocenters. The Morgan fingerprint density at radius 1 is 0.741 bits per heavy atom. The molecule has 0 radical (unpaired) electrons. The van der Waals surface area contributed by atoms with E-state index in [9.17, 15) is 19.2 Å². The maximum Gasteiger partial charge on any atom is 0.235 e. The highest BCUT2D eigenvalue weighted by Gasteiger charge is 2.15. The van der Waals surface area contributed by atoms with Gasteiger partial charge in [0.15, 0.2) is 0 Å². The zero-order chi connectivity index (χ0) is 20.8. The second-order valence-electron chi connectivity index (χ2n) is 6.69. The molecule has 0 aliphatic heterocycles. The highest BCUT2D eigenvalue weighted by molar-refractivity contribution is 5.34. The number of rotatable bonds is 14. The second kappa shape index (κ2) is 19.8. The van der Waals surface area contributed by atoms with Crippen molar-refractivity contribution in [3.05, 3.63) is 0 Å². The van der Waals surface area contributed by atoms with Crippen LogP contribution >= 0.6 is 0 Å². The number of nitrogens with zero attached hydrogens (tertiary/aromatic N) is 4. The average Bonchev–Trinajstić information content (AvgIpc) is 2.62. The molecule has 8 heteroatoms. The summed E-state index contributed by atoms with van der Waals surface area (Å²) in [6.07, 6.45) is 13.6. The Balaban J connectivity index is 0. The molecule has 0 fully saturated rings. The number of unbranched alkanes of at least 4 members (excludes halogenated alkanes) is 4. The maximum absolute atomic E-state index is 10.1. The molecule has 0 saturated heterocycles. The molecule has 1 unspecified atom stereocenters. The Labute approximate surface area is 161 Å². The normalized spacial score (nSPS) is 10.6. The first-order valence-corrected chi connectivity index (χ1v) is 9.16. The van der Waals surface area contributed by atoms with Crippen LogP contribution in [0.5, 0.6) is 0 Å². The van der Waals surface area contributed by atoms with E-state index in [-0.39, 0.29) is 11.6 Å². The number of aliphatic imine (C=N–C) groups is 4. The summed E-state index contributed by atoms with van der Waals surface area (Å²) in [5, 5.41) is 0. The Hall–Kier alpha value is -2.48. The zero-order valence-corrected chi connectivity index (χ0v) is 16.6. The molecule has 0 rings (SSSR count). The standard InChI is InChI=1S/C11H18N2O2.C8H12N2O2/c1-10(12-8-14)6-4-5-7-11(2,3)13-9-15;11-7-9-5-3-1-2-4-6-10-8-12/h10H,4-7H2,1-3H3;1-6H2. The van der Waals surface area contributed by atoms with Gasteiger partial charge in [0.05, 0.1) is 24.7 Å². The minimum atomic E-state index is -0.321. The van der Waals surface area contributed by atoms with E-state index in [0.29, 0.717) is 13.1 Å². The van der Waals surface area contributed by atoms with Crippen LogP contribution in [0.3, 0.4) is 0 Å². The minimum absolute atomic E-state index is 0.0418. The Morgan fingerprint density at radius 3 is 1.74 bits per heavy atom. The van der Waals surface area contributed by atoms with Crippen LogP contribution in [0, 0.1) is 0 Å². The van der Waals surface area contributed by atoms with Crippen LogP contribution < -0.4 is 0 Å². The van der Waals surface area contributed by atoms with Gasteiger partial charge in [0.25, 0.3) is 0 Å². The van der Waals surface area contributed by atoms with Crippen molar-refractivity contribution in [1.82, 2.24) is 0 Å². The quantitative estimate of drug-likeness (QED) is 0.261. The van der Waals surface area contributed by atoms with Crippen LogP contribution in [-0.4, -0.2) is 49.0 Å². The van der Waals surface area contributed by atoms with E-state index >= 15 is 0 Å². The van der Waals surface area contributed by atoms with Gasteiger partial charge in [-0.1, -0.05) is 25.7 Å². The fourth-order valence-corrected chi connectivity index (χ4v) is 2.16. The summed E-state index contributed by atoms with van der Waals surface area (Å²) >= 11 is 0. The van der Waals surface area contributed by atoms with E-state index in [1.807, 2.05) is 20.8 Å². The van der Waals surface area contributed by atoms with E-state index < -0.39 is 0 Å². The Morgan fingerprint density at radius 2 is 1.30 bits per heavy atom. The Bertz CT molecular complexity index is 544. The van der Waals surface area contributed by atoms with Crippen molar-refractivity contribution in [3.63, 3.8) is 0 Å². The van der Waals surface area contributed by atoms with Crippen molar-refractivity contribution >= 4 is 24.3 Å². The first-order valence-electron chi connectivity index (χ1n) is 9.16. The van der Waals surface area contributed by atoms with Crippen molar-refractivity contribution in [2.75, 3.05) is 13.1 Å². The van der Waals surface area contributed by atoms with Gasteiger partial charge in [-0.3, -0.25) is 0 Å². The molecule has 0 amide bonds. The number of isocyanates is 4. The van der Waals surface area contributed by atoms with Crippen molar-refractivity contribution in [2.24, 2.45) is 20.0 Å². The monoisotopic (exact) mass is 378 g/mol. The Kier molecular flexibility index (Phi) is 19.7. The van der Waals surface area contributed by atoms with Crippen LogP contribution in [0.15, 0.2) is 20.0 Å². The molecule has 0 saturated carbocycles. The summed E-state index contributed by atoms with van der Waals surface area (Å²) < 4.78 is 0. The number of hydrogen-bond donors (Lipinski definition) is 0.